The fraction of sp³-hybridized carbons (Fsp3) is 0.261. The molecule has 0 atom stereocenters. The van der Waals surface area contributed by atoms with Crippen LogP contribution in [0.2, 0.25) is 0 Å². The summed E-state index contributed by atoms with van der Waals surface area (Å²) in [4.78, 5) is 25.3. The molecule has 1 aromatic heterocycles. The van der Waals surface area contributed by atoms with E-state index < -0.39 is 0 Å². The van der Waals surface area contributed by atoms with Gasteiger partial charge in [-0.25, -0.2) is 9.97 Å². The molecular weight excluding hydrogens is 362 g/mol. The summed E-state index contributed by atoms with van der Waals surface area (Å²) >= 11 is 0. The largest absolute Gasteiger partial charge is 0.353 e. The predicted molar refractivity (Wildman–Crippen MR) is 116 cm³/mol. The van der Waals surface area contributed by atoms with Gasteiger partial charge < -0.3 is 15.1 Å². The lowest BCUT2D eigenvalue weighted by Crippen LogP contribution is -2.48. The Morgan fingerprint density at radius 3 is 2.38 bits per heavy atom. The highest BCUT2D eigenvalue weighted by atomic mass is 16.2. The number of piperazine rings is 1. The molecule has 29 heavy (non-hydrogen) atoms. The molecule has 2 aromatic carbocycles. The minimum atomic E-state index is 0.124. The first kappa shape index (κ1) is 18.9. The third-order valence-corrected chi connectivity index (χ3v) is 5.08. The second-order valence-corrected chi connectivity index (χ2v) is 7.29. The van der Waals surface area contributed by atoms with E-state index in [-0.39, 0.29) is 5.91 Å². The Balaban J connectivity index is 1.66. The molecule has 0 aliphatic carbocycles. The molecule has 0 unspecified atom stereocenters. The van der Waals surface area contributed by atoms with Crippen LogP contribution in [0.1, 0.15) is 12.5 Å². The Labute approximate surface area is 171 Å². The smallest absolute Gasteiger partial charge is 0.219 e. The van der Waals surface area contributed by atoms with Crippen LogP contribution >= 0.6 is 0 Å². The van der Waals surface area contributed by atoms with Crippen LogP contribution in [0.15, 0.2) is 60.7 Å². The minimum absolute atomic E-state index is 0.124. The number of carbonyl (C=O) groups excluding carboxylic acids is 1. The first-order chi connectivity index (χ1) is 14.1. The van der Waals surface area contributed by atoms with Crippen LogP contribution < -0.4 is 10.2 Å². The second-order valence-electron chi connectivity index (χ2n) is 7.29. The van der Waals surface area contributed by atoms with Gasteiger partial charge in [-0.1, -0.05) is 42.5 Å². The fourth-order valence-corrected chi connectivity index (χ4v) is 3.50. The number of nitrogens with one attached hydrogen (secondary N) is 1. The maximum Gasteiger partial charge on any atom is 0.219 e. The van der Waals surface area contributed by atoms with Crippen molar-refractivity contribution in [3.63, 3.8) is 0 Å². The summed E-state index contributed by atoms with van der Waals surface area (Å²) in [6.07, 6.45) is 0. The Morgan fingerprint density at radius 2 is 1.69 bits per heavy atom. The average molecular weight is 387 g/mol. The number of hydrogen-bond acceptors (Lipinski definition) is 5. The van der Waals surface area contributed by atoms with Crippen LogP contribution in [-0.2, 0) is 4.79 Å². The monoisotopic (exact) mass is 387 g/mol. The summed E-state index contributed by atoms with van der Waals surface area (Å²) in [7, 11) is 0. The Bertz CT molecular complexity index is 997. The summed E-state index contributed by atoms with van der Waals surface area (Å²) in [5, 5.41) is 3.42. The van der Waals surface area contributed by atoms with Gasteiger partial charge in [0.2, 0.25) is 5.91 Å². The molecule has 4 rings (SSSR count). The predicted octanol–water partition coefficient (Wildman–Crippen LogP) is 3.86. The third-order valence-electron chi connectivity index (χ3n) is 5.08. The molecule has 6 nitrogen and oxygen atoms in total. The zero-order valence-electron chi connectivity index (χ0n) is 16.8. The molecule has 0 spiro atoms. The molecule has 1 amide bonds. The van der Waals surface area contributed by atoms with Crippen molar-refractivity contribution in [3.05, 3.63) is 66.2 Å². The summed E-state index contributed by atoms with van der Waals surface area (Å²) < 4.78 is 0. The van der Waals surface area contributed by atoms with Gasteiger partial charge in [-0.3, -0.25) is 4.79 Å². The van der Waals surface area contributed by atoms with Gasteiger partial charge in [0.1, 0.15) is 11.6 Å². The van der Waals surface area contributed by atoms with Gasteiger partial charge in [-0.05, 0) is 24.6 Å². The molecule has 0 bridgehead atoms. The van der Waals surface area contributed by atoms with E-state index in [1.54, 1.807) is 6.92 Å². The second kappa shape index (κ2) is 8.31. The number of nitrogens with zero attached hydrogens (tertiary/aromatic N) is 4. The highest BCUT2D eigenvalue weighted by molar-refractivity contribution is 5.73. The van der Waals surface area contributed by atoms with Gasteiger partial charge in [0.05, 0.1) is 0 Å². The van der Waals surface area contributed by atoms with Gasteiger partial charge in [-0.2, -0.15) is 0 Å². The first-order valence-corrected chi connectivity index (χ1v) is 9.87. The van der Waals surface area contributed by atoms with Gasteiger partial charge in [-0.15, -0.1) is 0 Å². The van der Waals surface area contributed by atoms with Gasteiger partial charge in [0.15, 0.2) is 5.82 Å². The van der Waals surface area contributed by atoms with Gasteiger partial charge in [0, 0.05) is 50.4 Å². The van der Waals surface area contributed by atoms with Crippen LogP contribution in [0.5, 0.6) is 0 Å². The highest BCUT2D eigenvalue weighted by Crippen LogP contribution is 2.25. The molecular formula is C23H25N5O. The molecule has 148 valence electrons. The summed E-state index contributed by atoms with van der Waals surface area (Å²) in [5.74, 6) is 2.44. The molecule has 1 aliphatic heterocycles. The number of rotatable bonds is 4. The van der Waals surface area contributed by atoms with Crippen molar-refractivity contribution in [2.24, 2.45) is 0 Å². The van der Waals surface area contributed by atoms with Crippen LogP contribution in [0.3, 0.4) is 0 Å². The SMILES string of the molecule is CC(=O)N1CCN(c2cc(Nc3cccc(C)c3)nc(-c3ccccc3)n2)CC1. The van der Waals surface area contributed by atoms with Crippen molar-refractivity contribution < 1.29 is 4.79 Å². The van der Waals surface area contributed by atoms with Crippen molar-refractivity contribution in [1.29, 1.82) is 0 Å². The molecule has 1 N–H and O–H groups in total. The van der Waals surface area contributed by atoms with Gasteiger partial charge >= 0.3 is 0 Å². The van der Waals surface area contributed by atoms with E-state index in [0.29, 0.717) is 18.9 Å². The number of aryl methyl sites for hydroxylation is 1. The normalized spacial score (nSPS) is 14.0. The van der Waals surface area contributed by atoms with Crippen molar-refractivity contribution >= 4 is 23.2 Å². The minimum Gasteiger partial charge on any atom is -0.353 e. The topological polar surface area (TPSA) is 61.4 Å². The molecule has 2 heterocycles. The molecule has 1 fully saturated rings. The van der Waals surface area contributed by atoms with Gasteiger partial charge in [0.25, 0.3) is 0 Å². The van der Waals surface area contributed by atoms with E-state index in [9.17, 15) is 4.79 Å². The van der Waals surface area contributed by atoms with Crippen molar-refractivity contribution in [1.82, 2.24) is 14.9 Å². The van der Waals surface area contributed by atoms with E-state index in [2.05, 4.69) is 29.3 Å². The van der Waals surface area contributed by atoms with Crippen molar-refractivity contribution in [2.45, 2.75) is 13.8 Å². The lowest BCUT2D eigenvalue weighted by Gasteiger charge is -2.35. The number of hydrogen-bond donors (Lipinski definition) is 1. The first-order valence-electron chi connectivity index (χ1n) is 9.87. The highest BCUT2D eigenvalue weighted by Gasteiger charge is 2.21. The number of anilines is 3. The molecule has 0 saturated carbocycles. The third kappa shape index (κ3) is 4.54. The fourth-order valence-electron chi connectivity index (χ4n) is 3.50. The lowest BCUT2D eigenvalue weighted by molar-refractivity contribution is -0.129. The van der Waals surface area contributed by atoms with Crippen molar-refractivity contribution in [3.8, 4) is 11.4 Å². The van der Waals surface area contributed by atoms with Crippen LogP contribution in [-0.4, -0.2) is 47.0 Å². The lowest BCUT2D eigenvalue weighted by atomic mass is 10.2. The zero-order valence-corrected chi connectivity index (χ0v) is 16.8. The molecule has 0 radical (unpaired) electrons. The number of benzene rings is 2. The maximum absolute atomic E-state index is 11.6. The molecule has 6 heteroatoms. The van der Waals surface area contributed by atoms with E-state index >= 15 is 0 Å². The zero-order chi connectivity index (χ0) is 20.2. The number of aromatic nitrogens is 2. The molecule has 1 aliphatic rings. The van der Waals surface area contributed by atoms with Crippen LogP contribution in [0, 0.1) is 6.92 Å². The Hall–Kier alpha value is -3.41. The van der Waals surface area contributed by atoms with Crippen LogP contribution in [0.25, 0.3) is 11.4 Å². The quantitative estimate of drug-likeness (QED) is 0.736. The standard InChI is InChI=1S/C23H25N5O/c1-17-7-6-10-20(15-17)24-21-16-22(28-13-11-27(12-14-28)18(2)29)26-23(25-21)19-8-4-3-5-9-19/h3-10,15-16H,11-14H2,1-2H3,(H,24,25,26). The Morgan fingerprint density at radius 1 is 0.931 bits per heavy atom. The summed E-state index contributed by atoms with van der Waals surface area (Å²) in [5.41, 5.74) is 3.16. The average Bonchev–Trinajstić information content (AvgIpc) is 2.74. The van der Waals surface area contributed by atoms with E-state index in [0.717, 1.165) is 36.0 Å². The number of amides is 1. The van der Waals surface area contributed by atoms with Crippen molar-refractivity contribution in [2.75, 3.05) is 36.4 Å². The van der Waals surface area contributed by atoms with E-state index in [4.69, 9.17) is 9.97 Å². The van der Waals surface area contributed by atoms with E-state index in [1.165, 1.54) is 5.56 Å². The number of carbonyl (C=O) groups is 1. The summed E-state index contributed by atoms with van der Waals surface area (Å²) in [6.45, 7) is 6.63. The molecule has 1 saturated heterocycles. The molecule has 3 aromatic rings. The van der Waals surface area contributed by atoms with Crippen LogP contribution in [0.4, 0.5) is 17.3 Å². The maximum atomic E-state index is 11.6. The van der Waals surface area contributed by atoms with E-state index in [1.807, 2.05) is 53.4 Å². The summed E-state index contributed by atoms with van der Waals surface area (Å²) in [6, 6.07) is 20.2. The Kier molecular flexibility index (Phi) is 5.42.